The number of benzene rings is 2. The first-order valence-corrected chi connectivity index (χ1v) is 12.6. The molecule has 2 aromatic heterocycles. The van der Waals surface area contributed by atoms with Gasteiger partial charge in [-0.15, -0.1) is 11.3 Å². The number of fused-ring (bicyclic) bond motifs is 1. The van der Waals surface area contributed by atoms with E-state index in [2.05, 4.69) is 26.6 Å². The Morgan fingerprint density at radius 2 is 1.94 bits per heavy atom. The van der Waals surface area contributed by atoms with E-state index >= 15 is 0 Å². The molecule has 2 amide bonds. The van der Waals surface area contributed by atoms with Gasteiger partial charge in [-0.25, -0.2) is 0 Å². The first-order valence-electron chi connectivity index (χ1n) is 11.7. The molecule has 3 N–H and O–H groups in total. The van der Waals surface area contributed by atoms with Gasteiger partial charge in [-0.05, 0) is 53.8 Å². The second-order valence-corrected chi connectivity index (χ2v) is 9.60. The Morgan fingerprint density at radius 3 is 2.71 bits per heavy atom. The molecule has 35 heavy (non-hydrogen) atoms. The molecule has 3 heterocycles. The van der Waals surface area contributed by atoms with Gasteiger partial charge in [-0.3, -0.25) is 9.59 Å². The summed E-state index contributed by atoms with van der Waals surface area (Å²) in [5.41, 5.74) is 4.80. The normalized spacial score (nSPS) is 14.6. The molecule has 0 bridgehead atoms. The highest BCUT2D eigenvalue weighted by atomic mass is 32.1. The topological polar surface area (TPSA) is 86.5 Å². The van der Waals surface area contributed by atoms with Gasteiger partial charge in [0, 0.05) is 48.0 Å². The molecule has 0 saturated carbocycles. The van der Waals surface area contributed by atoms with E-state index in [0.717, 1.165) is 59.7 Å². The molecule has 5 rings (SSSR count). The van der Waals surface area contributed by atoms with Crippen LogP contribution in [0.4, 0.5) is 11.4 Å². The highest BCUT2D eigenvalue weighted by Crippen LogP contribution is 2.25. The molecule has 180 valence electrons. The van der Waals surface area contributed by atoms with Crippen LogP contribution in [0, 0.1) is 6.92 Å². The van der Waals surface area contributed by atoms with Crippen molar-refractivity contribution in [3.05, 3.63) is 82.2 Å². The largest absolute Gasteiger partial charge is 0.378 e. The summed E-state index contributed by atoms with van der Waals surface area (Å²) in [4.78, 5) is 32.4. The number of H-pyrrole nitrogens is 1. The quantitative estimate of drug-likeness (QED) is 0.361. The lowest BCUT2D eigenvalue weighted by Crippen LogP contribution is -2.45. The number of anilines is 2. The summed E-state index contributed by atoms with van der Waals surface area (Å²) < 4.78 is 5.45. The van der Waals surface area contributed by atoms with E-state index in [9.17, 15) is 9.59 Å². The lowest BCUT2D eigenvalue weighted by Gasteiger charge is -2.29. The number of morpholine rings is 1. The standard InChI is InChI=1S/C27H28N4O3S/c1-18-15-20(31-10-12-34-13-11-31)8-9-22(18)29-26(32)24(30-27(33)25-7-4-14-35-25)16-19-17-28-23-6-3-2-5-21(19)23/h2-9,14-15,17,24,28H,10-13,16H2,1H3,(H,29,32)(H,30,33). The average molecular weight is 489 g/mol. The molecular formula is C27H28N4O3S. The van der Waals surface area contributed by atoms with Crippen LogP contribution in [0.25, 0.3) is 10.9 Å². The molecule has 1 saturated heterocycles. The van der Waals surface area contributed by atoms with Gasteiger partial charge in [0.05, 0.1) is 18.1 Å². The number of carbonyl (C=O) groups excluding carboxylic acids is 2. The second-order valence-electron chi connectivity index (χ2n) is 8.65. The number of thiophene rings is 1. The molecule has 0 radical (unpaired) electrons. The number of amides is 2. The summed E-state index contributed by atoms with van der Waals surface area (Å²) in [6.45, 7) is 5.13. The molecule has 4 aromatic rings. The van der Waals surface area contributed by atoms with Crippen molar-refractivity contribution in [1.29, 1.82) is 0 Å². The third-order valence-electron chi connectivity index (χ3n) is 6.31. The minimum Gasteiger partial charge on any atom is -0.378 e. The average Bonchev–Trinajstić information content (AvgIpc) is 3.56. The number of carbonyl (C=O) groups is 2. The molecule has 7 nitrogen and oxygen atoms in total. The van der Waals surface area contributed by atoms with Gasteiger partial charge in [0.15, 0.2) is 0 Å². The first kappa shape index (κ1) is 23.1. The Kier molecular flexibility index (Phi) is 6.83. The zero-order valence-electron chi connectivity index (χ0n) is 19.5. The minimum atomic E-state index is -0.734. The number of nitrogens with zero attached hydrogens (tertiary/aromatic N) is 1. The number of aromatic amines is 1. The maximum absolute atomic E-state index is 13.5. The molecule has 0 spiro atoms. The maximum Gasteiger partial charge on any atom is 0.262 e. The highest BCUT2D eigenvalue weighted by Gasteiger charge is 2.24. The van der Waals surface area contributed by atoms with Gasteiger partial charge >= 0.3 is 0 Å². The fourth-order valence-electron chi connectivity index (χ4n) is 4.39. The molecule has 1 aliphatic rings. The van der Waals surface area contributed by atoms with Crippen molar-refractivity contribution in [3.63, 3.8) is 0 Å². The van der Waals surface area contributed by atoms with Crippen molar-refractivity contribution >= 4 is 45.4 Å². The number of aryl methyl sites for hydroxylation is 1. The minimum absolute atomic E-state index is 0.248. The Bertz CT molecular complexity index is 1330. The highest BCUT2D eigenvalue weighted by molar-refractivity contribution is 7.12. The van der Waals surface area contributed by atoms with E-state index in [4.69, 9.17) is 4.74 Å². The summed E-state index contributed by atoms with van der Waals surface area (Å²) >= 11 is 1.35. The Labute approximate surface area is 208 Å². The monoisotopic (exact) mass is 488 g/mol. The Morgan fingerprint density at radius 1 is 1.11 bits per heavy atom. The molecule has 1 atom stereocenters. The van der Waals surface area contributed by atoms with E-state index in [1.165, 1.54) is 11.3 Å². The van der Waals surface area contributed by atoms with Gasteiger partial charge in [-0.1, -0.05) is 24.3 Å². The second kappa shape index (κ2) is 10.3. The molecule has 8 heteroatoms. The van der Waals surface area contributed by atoms with Gasteiger partial charge in [0.2, 0.25) is 5.91 Å². The number of ether oxygens (including phenoxy) is 1. The van der Waals surface area contributed by atoms with Crippen LogP contribution >= 0.6 is 11.3 Å². The lowest BCUT2D eigenvalue weighted by atomic mass is 10.0. The SMILES string of the molecule is Cc1cc(N2CCOCC2)ccc1NC(=O)C(Cc1c[nH]c2ccccc12)NC(=O)c1cccs1. The van der Waals surface area contributed by atoms with Crippen LogP contribution in [0.2, 0.25) is 0 Å². The maximum atomic E-state index is 13.5. The van der Waals surface area contributed by atoms with Crippen molar-refractivity contribution in [3.8, 4) is 0 Å². The summed E-state index contributed by atoms with van der Waals surface area (Å²) in [5.74, 6) is -0.498. The summed E-state index contributed by atoms with van der Waals surface area (Å²) in [5, 5.41) is 8.89. The van der Waals surface area contributed by atoms with Crippen molar-refractivity contribution in [2.24, 2.45) is 0 Å². The van der Waals surface area contributed by atoms with Crippen LogP contribution in [0.5, 0.6) is 0 Å². The lowest BCUT2D eigenvalue weighted by molar-refractivity contribution is -0.118. The number of para-hydroxylation sites is 1. The molecule has 1 fully saturated rings. The van der Waals surface area contributed by atoms with E-state index < -0.39 is 6.04 Å². The van der Waals surface area contributed by atoms with Crippen LogP contribution in [0.1, 0.15) is 20.8 Å². The number of rotatable bonds is 7. The molecule has 2 aromatic carbocycles. The smallest absolute Gasteiger partial charge is 0.262 e. The summed E-state index contributed by atoms with van der Waals surface area (Å²) in [6.07, 6.45) is 2.28. The predicted octanol–water partition coefficient (Wildman–Crippen LogP) is 4.35. The van der Waals surface area contributed by atoms with Gasteiger partial charge in [-0.2, -0.15) is 0 Å². The van der Waals surface area contributed by atoms with Gasteiger partial charge in [0.1, 0.15) is 6.04 Å². The van der Waals surface area contributed by atoms with E-state index in [0.29, 0.717) is 11.3 Å². The van der Waals surface area contributed by atoms with Gasteiger partial charge in [0.25, 0.3) is 5.91 Å². The summed E-state index contributed by atoms with van der Waals surface area (Å²) in [7, 11) is 0. The van der Waals surface area contributed by atoms with Crippen LogP contribution in [0.15, 0.2) is 66.2 Å². The number of hydrogen-bond acceptors (Lipinski definition) is 5. The summed E-state index contributed by atoms with van der Waals surface area (Å²) in [6, 6.07) is 16.8. The fourth-order valence-corrected chi connectivity index (χ4v) is 5.02. The van der Waals surface area contributed by atoms with Crippen molar-refractivity contribution in [2.45, 2.75) is 19.4 Å². The zero-order valence-corrected chi connectivity index (χ0v) is 20.4. The Hall–Kier alpha value is -3.62. The van der Waals surface area contributed by atoms with E-state index in [1.54, 1.807) is 6.07 Å². The molecular weight excluding hydrogens is 460 g/mol. The zero-order chi connectivity index (χ0) is 24.2. The van der Waals surface area contributed by atoms with Crippen LogP contribution < -0.4 is 15.5 Å². The van der Waals surface area contributed by atoms with Crippen molar-refractivity contribution in [2.75, 3.05) is 36.5 Å². The van der Waals surface area contributed by atoms with Crippen LogP contribution in [0.3, 0.4) is 0 Å². The third-order valence-corrected chi connectivity index (χ3v) is 7.18. The third kappa shape index (κ3) is 5.23. The number of nitrogens with one attached hydrogen (secondary N) is 3. The van der Waals surface area contributed by atoms with E-state index in [-0.39, 0.29) is 11.8 Å². The molecule has 0 aliphatic carbocycles. The van der Waals surface area contributed by atoms with Crippen molar-refractivity contribution < 1.29 is 14.3 Å². The van der Waals surface area contributed by atoms with Crippen molar-refractivity contribution in [1.82, 2.24) is 10.3 Å². The predicted molar refractivity (Wildman–Crippen MR) is 140 cm³/mol. The number of hydrogen-bond donors (Lipinski definition) is 3. The molecule has 1 aliphatic heterocycles. The first-order chi connectivity index (χ1) is 17.1. The fraction of sp³-hybridized carbons (Fsp3) is 0.259. The van der Waals surface area contributed by atoms with Crippen LogP contribution in [-0.2, 0) is 16.0 Å². The number of aromatic nitrogens is 1. The van der Waals surface area contributed by atoms with E-state index in [1.807, 2.05) is 61.0 Å². The van der Waals surface area contributed by atoms with Gasteiger partial charge < -0.3 is 25.3 Å². The molecule has 1 unspecified atom stereocenters. The van der Waals surface area contributed by atoms with Crippen LogP contribution in [-0.4, -0.2) is 49.1 Å². The Balaban J connectivity index is 1.36.